The molecule has 1 aliphatic rings. The van der Waals surface area contributed by atoms with E-state index in [1.807, 2.05) is 24.3 Å². The van der Waals surface area contributed by atoms with Crippen molar-refractivity contribution in [2.45, 2.75) is 19.9 Å². The second kappa shape index (κ2) is 9.89. The lowest BCUT2D eigenvalue weighted by Crippen LogP contribution is -2.39. The summed E-state index contributed by atoms with van der Waals surface area (Å²) < 4.78 is 5.33. The number of hydrogen-bond acceptors (Lipinski definition) is 4. The van der Waals surface area contributed by atoms with Gasteiger partial charge in [-0.2, -0.15) is 0 Å². The number of anilines is 1. The molecule has 24 heavy (non-hydrogen) atoms. The Labute approximate surface area is 143 Å². The van der Waals surface area contributed by atoms with Crippen molar-refractivity contribution in [3.63, 3.8) is 0 Å². The lowest BCUT2D eigenvalue weighted by atomic mass is 10.2. The van der Waals surface area contributed by atoms with Crippen LogP contribution in [0.2, 0.25) is 0 Å². The number of nitrogens with two attached hydrogens (primary N) is 1. The Kier molecular flexibility index (Phi) is 7.51. The van der Waals surface area contributed by atoms with Crippen molar-refractivity contribution in [2.75, 3.05) is 44.7 Å². The number of nitrogens with zero attached hydrogens (tertiary/aromatic N) is 2. The first-order valence-electron chi connectivity index (χ1n) is 8.34. The minimum Gasteiger partial charge on any atom is -0.379 e. The van der Waals surface area contributed by atoms with Crippen LogP contribution in [-0.4, -0.2) is 56.2 Å². The zero-order chi connectivity index (χ0) is 17.2. The molecule has 1 heterocycles. The number of carbonyl (C=O) groups excluding carboxylic acids is 1. The molecular formula is C17H27N5O2. The zero-order valence-electron chi connectivity index (χ0n) is 14.3. The average Bonchev–Trinajstić information content (AvgIpc) is 2.58. The van der Waals surface area contributed by atoms with Gasteiger partial charge in [0.15, 0.2) is 5.96 Å². The number of carbonyl (C=O) groups is 1. The largest absolute Gasteiger partial charge is 0.379 e. The molecule has 0 spiro atoms. The van der Waals surface area contributed by atoms with Crippen molar-refractivity contribution < 1.29 is 9.53 Å². The Hall–Kier alpha value is -2.12. The highest BCUT2D eigenvalue weighted by molar-refractivity contribution is 5.88. The first kappa shape index (κ1) is 18.2. The predicted octanol–water partition coefficient (Wildman–Crippen LogP) is 0.772. The van der Waals surface area contributed by atoms with Crippen LogP contribution in [0.15, 0.2) is 29.3 Å². The van der Waals surface area contributed by atoms with Crippen LogP contribution in [0.4, 0.5) is 5.69 Å². The van der Waals surface area contributed by atoms with Crippen molar-refractivity contribution >= 4 is 17.6 Å². The van der Waals surface area contributed by atoms with Crippen LogP contribution in [0, 0.1) is 0 Å². The molecule has 1 saturated heterocycles. The second-order valence-electron chi connectivity index (χ2n) is 5.82. The van der Waals surface area contributed by atoms with E-state index in [9.17, 15) is 4.79 Å². The second-order valence-corrected chi connectivity index (χ2v) is 5.82. The monoisotopic (exact) mass is 333 g/mol. The van der Waals surface area contributed by atoms with Crippen LogP contribution in [-0.2, 0) is 16.1 Å². The number of aliphatic imine (C=N–C) groups is 1. The molecule has 0 radical (unpaired) electrons. The third kappa shape index (κ3) is 6.97. The molecule has 132 valence electrons. The van der Waals surface area contributed by atoms with Crippen molar-refractivity contribution in [2.24, 2.45) is 10.7 Å². The molecule has 0 aliphatic carbocycles. The van der Waals surface area contributed by atoms with E-state index in [0.29, 0.717) is 12.5 Å². The summed E-state index contributed by atoms with van der Waals surface area (Å²) in [5, 5.41) is 5.90. The number of ether oxygens (including phenoxy) is 1. The van der Waals surface area contributed by atoms with Gasteiger partial charge in [0.05, 0.1) is 19.8 Å². The zero-order valence-corrected chi connectivity index (χ0v) is 14.3. The quantitative estimate of drug-likeness (QED) is 0.389. The molecule has 1 amide bonds. The van der Waals surface area contributed by atoms with Crippen LogP contribution in [0.25, 0.3) is 0 Å². The lowest BCUT2D eigenvalue weighted by molar-refractivity contribution is -0.114. The summed E-state index contributed by atoms with van der Waals surface area (Å²) in [7, 11) is 0. The number of rotatable bonds is 7. The fourth-order valence-electron chi connectivity index (χ4n) is 2.53. The molecule has 0 unspecified atom stereocenters. The van der Waals surface area contributed by atoms with Gasteiger partial charge in [0.1, 0.15) is 0 Å². The summed E-state index contributed by atoms with van der Waals surface area (Å²) >= 11 is 0. The Morgan fingerprint density at radius 1 is 1.38 bits per heavy atom. The third-order valence-corrected chi connectivity index (χ3v) is 3.74. The van der Waals surface area contributed by atoms with Gasteiger partial charge in [-0.1, -0.05) is 12.1 Å². The standard InChI is InChI=1S/C17H27N5O2/c1-14(23)21-16-5-2-4-15(12-16)13-20-17(18)19-6-3-7-22-8-10-24-11-9-22/h2,4-5,12H,3,6-11,13H2,1H3,(H,21,23)(H3,18,19,20). The lowest BCUT2D eigenvalue weighted by Gasteiger charge is -2.26. The summed E-state index contributed by atoms with van der Waals surface area (Å²) in [4.78, 5) is 17.8. The molecule has 1 aliphatic heterocycles. The molecule has 1 fully saturated rings. The fourth-order valence-corrected chi connectivity index (χ4v) is 2.53. The van der Waals surface area contributed by atoms with E-state index >= 15 is 0 Å². The molecule has 0 saturated carbocycles. The van der Waals surface area contributed by atoms with Gasteiger partial charge >= 0.3 is 0 Å². The molecule has 0 atom stereocenters. The number of hydrogen-bond donors (Lipinski definition) is 3. The maximum atomic E-state index is 11.1. The molecule has 2 rings (SSSR count). The van der Waals surface area contributed by atoms with E-state index in [-0.39, 0.29) is 5.91 Å². The normalized spacial score (nSPS) is 16.0. The van der Waals surface area contributed by atoms with Crippen molar-refractivity contribution in [3.05, 3.63) is 29.8 Å². The first-order valence-corrected chi connectivity index (χ1v) is 8.34. The van der Waals surface area contributed by atoms with Crippen LogP contribution < -0.4 is 16.4 Å². The average molecular weight is 333 g/mol. The van der Waals surface area contributed by atoms with Crippen molar-refractivity contribution in [1.82, 2.24) is 10.2 Å². The van der Waals surface area contributed by atoms with E-state index in [1.54, 1.807) is 0 Å². The minimum absolute atomic E-state index is 0.0860. The van der Waals surface area contributed by atoms with Crippen molar-refractivity contribution in [3.8, 4) is 0 Å². The highest BCUT2D eigenvalue weighted by atomic mass is 16.5. The number of benzene rings is 1. The molecule has 0 bridgehead atoms. The predicted molar refractivity (Wildman–Crippen MR) is 96.0 cm³/mol. The molecule has 1 aromatic rings. The number of guanidine groups is 1. The minimum atomic E-state index is -0.0860. The molecule has 7 heteroatoms. The van der Waals surface area contributed by atoms with E-state index < -0.39 is 0 Å². The Bertz CT molecular complexity index is 556. The number of nitrogens with one attached hydrogen (secondary N) is 2. The van der Waals surface area contributed by atoms with Crippen LogP contribution in [0.1, 0.15) is 18.9 Å². The van der Waals surface area contributed by atoms with E-state index in [4.69, 9.17) is 10.5 Å². The van der Waals surface area contributed by atoms with Gasteiger partial charge in [-0.3, -0.25) is 9.69 Å². The van der Waals surface area contributed by atoms with Gasteiger partial charge in [-0.15, -0.1) is 0 Å². The van der Waals surface area contributed by atoms with Gasteiger partial charge in [-0.25, -0.2) is 4.99 Å². The molecule has 1 aromatic carbocycles. The highest BCUT2D eigenvalue weighted by Gasteiger charge is 2.08. The van der Waals surface area contributed by atoms with E-state index in [2.05, 4.69) is 20.5 Å². The summed E-state index contributed by atoms with van der Waals surface area (Å²) in [6.45, 7) is 7.49. The van der Waals surface area contributed by atoms with Crippen LogP contribution in [0.3, 0.4) is 0 Å². The Balaban J connectivity index is 1.68. The summed E-state index contributed by atoms with van der Waals surface area (Å²) in [6, 6.07) is 7.60. The van der Waals surface area contributed by atoms with Crippen molar-refractivity contribution in [1.29, 1.82) is 0 Å². The number of morpholine rings is 1. The highest BCUT2D eigenvalue weighted by Crippen LogP contribution is 2.11. The van der Waals surface area contributed by atoms with E-state index in [1.165, 1.54) is 6.92 Å². The van der Waals surface area contributed by atoms with Crippen LogP contribution in [0.5, 0.6) is 0 Å². The van der Waals surface area contributed by atoms with Gasteiger partial charge in [-0.05, 0) is 30.7 Å². The van der Waals surface area contributed by atoms with Gasteiger partial charge in [0, 0.05) is 32.2 Å². The maximum Gasteiger partial charge on any atom is 0.221 e. The smallest absolute Gasteiger partial charge is 0.221 e. The third-order valence-electron chi connectivity index (χ3n) is 3.74. The fraction of sp³-hybridized carbons (Fsp3) is 0.529. The molecule has 7 nitrogen and oxygen atoms in total. The summed E-state index contributed by atoms with van der Waals surface area (Å²) in [5.41, 5.74) is 7.67. The first-order chi connectivity index (χ1) is 11.6. The van der Waals surface area contributed by atoms with Gasteiger partial charge in [0.25, 0.3) is 0 Å². The molecule has 4 N–H and O–H groups in total. The van der Waals surface area contributed by atoms with E-state index in [0.717, 1.165) is 57.1 Å². The Morgan fingerprint density at radius 3 is 2.92 bits per heavy atom. The maximum absolute atomic E-state index is 11.1. The SMILES string of the molecule is CC(=O)Nc1cccc(CN=C(N)NCCCN2CCOCC2)c1. The summed E-state index contributed by atoms with van der Waals surface area (Å²) in [5.74, 6) is 0.360. The molecular weight excluding hydrogens is 306 g/mol. The number of amides is 1. The Morgan fingerprint density at radius 2 is 2.17 bits per heavy atom. The van der Waals surface area contributed by atoms with Crippen LogP contribution >= 0.6 is 0 Å². The topological polar surface area (TPSA) is 92.0 Å². The van der Waals surface area contributed by atoms with Gasteiger partial charge < -0.3 is 21.1 Å². The summed E-state index contributed by atoms with van der Waals surface area (Å²) in [6.07, 6.45) is 1.02. The van der Waals surface area contributed by atoms with Gasteiger partial charge in [0.2, 0.25) is 5.91 Å². The molecule has 0 aromatic heterocycles.